The van der Waals surface area contributed by atoms with Crippen LogP contribution in [0.2, 0.25) is 5.02 Å². The molecule has 1 aromatic rings. The third kappa shape index (κ3) is 5.19. The summed E-state index contributed by atoms with van der Waals surface area (Å²) in [4.78, 5) is 1.16. The van der Waals surface area contributed by atoms with Crippen molar-refractivity contribution < 1.29 is 19.3 Å². The fourth-order valence-electron chi connectivity index (χ4n) is 4.50. The van der Waals surface area contributed by atoms with E-state index < -0.39 is 6.10 Å². The summed E-state index contributed by atoms with van der Waals surface area (Å²) in [6.07, 6.45) is 0.722. The van der Waals surface area contributed by atoms with Gasteiger partial charge in [-0.1, -0.05) is 64.9 Å². The average Bonchev–Trinajstić information content (AvgIpc) is 2.74. The summed E-state index contributed by atoms with van der Waals surface area (Å²) in [5.74, 6) is 0.914. The van der Waals surface area contributed by atoms with Crippen LogP contribution in [0, 0.1) is 23.7 Å². The lowest BCUT2D eigenvalue weighted by Gasteiger charge is -2.48. The zero-order chi connectivity index (χ0) is 22.0. The van der Waals surface area contributed by atoms with Crippen LogP contribution in [0.3, 0.4) is 0 Å². The van der Waals surface area contributed by atoms with E-state index in [1.54, 1.807) is 11.8 Å². The lowest BCUT2D eigenvalue weighted by molar-refractivity contribution is -0.303. The van der Waals surface area contributed by atoms with Crippen LogP contribution < -0.4 is 0 Å². The van der Waals surface area contributed by atoms with Gasteiger partial charge >= 0.3 is 0 Å². The molecule has 6 heteroatoms. The maximum Gasteiger partial charge on any atom is 0.161 e. The van der Waals surface area contributed by atoms with E-state index in [1.165, 1.54) is 0 Å². The first-order valence-electron chi connectivity index (χ1n) is 11.3. The van der Waals surface area contributed by atoms with Gasteiger partial charge in [-0.3, -0.25) is 0 Å². The number of hydrogen-bond donors (Lipinski definition) is 1. The van der Waals surface area contributed by atoms with Crippen molar-refractivity contribution in [1.82, 2.24) is 0 Å². The van der Waals surface area contributed by atoms with Gasteiger partial charge in [-0.15, -0.1) is 0 Å². The van der Waals surface area contributed by atoms with Crippen LogP contribution in [0.4, 0.5) is 0 Å². The molecule has 0 bridgehead atoms. The van der Waals surface area contributed by atoms with E-state index in [2.05, 4.69) is 41.5 Å². The van der Waals surface area contributed by atoms with Crippen molar-refractivity contribution >= 4 is 23.4 Å². The van der Waals surface area contributed by atoms with Gasteiger partial charge in [0, 0.05) is 15.8 Å². The predicted molar refractivity (Wildman–Crippen MR) is 123 cm³/mol. The van der Waals surface area contributed by atoms with Crippen molar-refractivity contribution in [3.63, 3.8) is 0 Å². The minimum atomic E-state index is -0.439. The molecular weight excluding hydrogens is 420 g/mol. The van der Waals surface area contributed by atoms with Gasteiger partial charge in [0.1, 0.15) is 5.44 Å². The van der Waals surface area contributed by atoms with E-state index in [-0.39, 0.29) is 41.9 Å². The van der Waals surface area contributed by atoms with E-state index >= 15 is 0 Å². The molecule has 1 N–H and O–H groups in total. The molecule has 0 spiro atoms. The lowest BCUT2D eigenvalue weighted by atomic mass is 9.82. The molecule has 2 aliphatic rings. The molecule has 2 heterocycles. The normalized spacial score (nSPS) is 42.3. The topological polar surface area (TPSA) is 47.9 Å². The number of aliphatic hydroxyl groups excluding tert-OH is 1. The van der Waals surface area contributed by atoms with Gasteiger partial charge in [-0.2, -0.15) is 0 Å². The third-order valence-corrected chi connectivity index (χ3v) is 8.67. The summed E-state index contributed by atoms with van der Waals surface area (Å²) in [5.41, 5.74) is 0.0693. The minimum absolute atomic E-state index is 0.0130. The standard InChI is InChI=1S/C24H37ClO4S/c1-7-19-21(26)13(3)15(5)23(27-19)29-22-14(4)16(6)24(28-20(22)8-2)30-18-11-9-17(25)10-12-18/h9-16,19-24,26H,7-8H2,1-6H3/t13-,14+,15?,16?,19?,20?,21+,22+,23+,24+/m1/s1. The molecule has 30 heavy (non-hydrogen) atoms. The Hall–Kier alpha value is -0.300. The second kappa shape index (κ2) is 10.5. The highest BCUT2D eigenvalue weighted by atomic mass is 35.5. The molecule has 0 aromatic heterocycles. The van der Waals surface area contributed by atoms with E-state index in [0.717, 1.165) is 22.8 Å². The van der Waals surface area contributed by atoms with Crippen LogP contribution >= 0.6 is 23.4 Å². The van der Waals surface area contributed by atoms with E-state index in [4.69, 9.17) is 25.8 Å². The molecule has 1 aromatic carbocycles. The zero-order valence-corrected chi connectivity index (χ0v) is 20.5. The van der Waals surface area contributed by atoms with Gasteiger partial charge in [0.25, 0.3) is 0 Å². The number of ether oxygens (including phenoxy) is 3. The molecule has 0 aliphatic carbocycles. The van der Waals surface area contributed by atoms with Crippen LogP contribution in [0.5, 0.6) is 0 Å². The number of rotatable bonds is 6. The Morgan fingerprint density at radius 1 is 0.900 bits per heavy atom. The smallest absolute Gasteiger partial charge is 0.161 e. The summed E-state index contributed by atoms with van der Waals surface area (Å²) < 4.78 is 19.4. The van der Waals surface area contributed by atoms with Gasteiger partial charge in [-0.25, -0.2) is 0 Å². The molecule has 4 nitrogen and oxygen atoms in total. The highest BCUT2D eigenvalue weighted by Crippen LogP contribution is 2.43. The van der Waals surface area contributed by atoms with Gasteiger partial charge in [-0.05, 0) is 54.9 Å². The third-order valence-electron chi connectivity index (χ3n) is 7.10. The van der Waals surface area contributed by atoms with Gasteiger partial charge in [0.2, 0.25) is 0 Å². The van der Waals surface area contributed by atoms with Crippen molar-refractivity contribution in [2.45, 2.75) is 95.4 Å². The molecule has 170 valence electrons. The molecule has 2 saturated heterocycles. The van der Waals surface area contributed by atoms with Crippen LogP contribution in [-0.2, 0) is 14.2 Å². The van der Waals surface area contributed by atoms with Gasteiger partial charge in [0.15, 0.2) is 6.29 Å². The van der Waals surface area contributed by atoms with Crippen molar-refractivity contribution in [2.24, 2.45) is 23.7 Å². The summed E-state index contributed by atoms with van der Waals surface area (Å²) in [6.45, 7) is 12.9. The highest BCUT2D eigenvalue weighted by molar-refractivity contribution is 7.99. The summed E-state index contributed by atoms with van der Waals surface area (Å²) >= 11 is 7.79. The van der Waals surface area contributed by atoms with E-state index in [1.807, 2.05) is 24.3 Å². The maximum absolute atomic E-state index is 10.5. The Labute approximate surface area is 191 Å². The number of benzene rings is 1. The summed E-state index contributed by atoms with van der Waals surface area (Å²) in [7, 11) is 0. The summed E-state index contributed by atoms with van der Waals surface area (Å²) in [5, 5.41) is 11.2. The molecule has 2 aliphatic heterocycles. The fourth-order valence-corrected chi connectivity index (χ4v) is 5.85. The second-order valence-corrected chi connectivity index (χ2v) is 10.6. The number of hydrogen-bond acceptors (Lipinski definition) is 5. The van der Waals surface area contributed by atoms with Crippen LogP contribution in [0.15, 0.2) is 29.2 Å². The predicted octanol–water partition coefficient (Wildman–Crippen LogP) is 5.99. The highest BCUT2D eigenvalue weighted by Gasteiger charge is 2.46. The zero-order valence-electron chi connectivity index (χ0n) is 19.0. The van der Waals surface area contributed by atoms with Crippen molar-refractivity contribution in [3.8, 4) is 0 Å². The maximum atomic E-state index is 10.5. The Kier molecular flexibility index (Phi) is 8.56. The molecule has 0 amide bonds. The lowest BCUT2D eigenvalue weighted by Crippen LogP contribution is -2.55. The number of halogens is 1. The van der Waals surface area contributed by atoms with Crippen LogP contribution in [-0.4, -0.2) is 41.2 Å². The first-order valence-corrected chi connectivity index (χ1v) is 12.6. The monoisotopic (exact) mass is 456 g/mol. The van der Waals surface area contributed by atoms with E-state index in [9.17, 15) is 5.11 Å². The molecule has 10 atom stereocenters. The molecule has 2 fully saturated rings. The first-order chi connectivity index (χ1) is 14.3. The largest absolute Gasteiger partial charge is 0.390 e. The molecule has 0 radical (unpaired) electrons. The Morgan fingerprint density at radius 2 is 1.53 bits per heavy atom. The van der Waals surface area contributed by atoms with Crippen molar-refractivity contribution in [1.29, 1.82) is 0 Å². The Balaban J connectivity index is 1.71. The Morgan fingerprint density at radius 3 is 2.13 bits per heavy atom. The number of aliphatic hydroxyl groups is 1. The molecule has 4 unspecified atom stereocenters. The Bertz CT molecular complexity index is 668. The van der Waals surface area contributed by atoms with Gasteiger partial charge < -0.3 is 19.3 Å². The second-order valence-electron chi connectivity index (χ2n) is 9.00. The first kappa shape index (κ1) is 24.3. The molecular formula is C24H37ClO4S. The van der Waals surface area contributed by atoms with Gasteiger partial charge in [0.05, 0.1) is 24.4 Å². The van der Waals surface area contributed by atoms with Crippen LogP contribution in [0.25, 0.3) is 0 Å². The quantitative estimate of drug-likeness (QED) is 0.569. The van der Waals surface area contributed by atoms with Crippen LogP contribution in [0.1, 0.15) is 54.4 Å². The molecule has 0 saturated carbocycles. The SMILES string of the molecule is CCC1O[C@@H](O[C@@H]2C(CC)O[C@@H](Sc3ccc(Cl)cc3)C(C)[C@@H]2C)C(C)[C@@H](C)[C@@H]1O. The summed E-state index contributed by atoms with van der Waals surface area (Å²) in [6, 6.07) is 7.94. The average molecular weight is 457 g/mol. The fraction of sp³-hybridized carbons (Fsp3) is 0.750. The molecule has 3 rings (SSSR count). The van der Waals surface area contributed by atoms with Crippen molar-refractivity contribution in [3.05, 3.63) is 29.3 Å². The number of thioether (sulfide) groups is 1. The minimum Gasteiger partial charge on any atom is -0.390 e. The van der Waals surface area contributed by atoms with E-state index in [0.29, 0.717) is 11.8 Å². The van der Waals surface area contributed by atoms with Crippen molar-refractivity contribution in [2.75, 3.05) is 0 Å².